The molecule has 1 heterocycles. The summed E-state index contributed by atoms with van der Waals surface area (Å²) >= 11 is 0. The van der Waals surface area contributed by atoms with Crippen LogP contribution in [0.15, 0.2) is 42.6 Å². The average molecular weight is 282 g/mol. The van der Waals surface area contributed by atoms with Crippen molar-refractivity contribution < 1.29 is 17.9 Å². The van der Waals surface area contributed by atoms with Crippen LogP contribution in [0.25, 0.3) is 0 Å². The third kappa shape index (κ3) is 3.63. The van der Waals surface area contributed by atoms with E-state index in [0.717, 1.165) is 11.8 Å². The summed E-state index contributed by atoms with van der Waals surface area (Å²) in [6.07, 6.45) is -2.43. The van der Waals surface area contributed by atoms with Crippen molar-refractivity contribution in [2.24, 2.45) is 0 Å². The molecule has 0 saturated carbocycles. The Kier molecular flexibility index (Phi) is 4.12. The van der Waals surface area contributed by atoms with Crippen molar-refractivity contribution in [3.63, 3.8) is 0 Å². The summed E-state index contributed by atoms with van der Waals surface area (Å²) in [6.45, 7) is 0.115. The van der Waals surface area contributed by atoms with Crippen molar-refractivity contribution in [1.29, 1.82) is 0 Å². The van der Waals surface area contributed by atoms with Crippen LogP contribution in [-0.2, 0) is 12.6 Å². The summed E-state index contributed by atoms with van der Waals surface area (Å²) < 4.78 is 43.7. The van der Waals surface area contributed by atoms with E-state index in [1.54, 1.807) is 18.3 Å². The molecule has 2 rings (SSSR count). The number of halogens is 3. The van der Waals surface area contributed by atoms with Crippen LogP contribution >= 0.6 is 0 Å². The van der Waals surface area contributed by atoms with Gasteiger partial charge in [0.15, 0.2) is 0 Å². The minimum Gasteiger partial charge on any atom is -0.493 e. The number of aromatic nitrogens is 1. The molecule has 2 N–H and O–H groups in total. The van der Waals surface area contributed by atoms with Gasteiger partial charge in [-0.05, 0) is 30.3 Å². The second kappa shape index (κ2) is 5.81. The van der Waals surface area contributed by atoms with Crippen LogP contribution in [0.5, 0.6) is 5.75 Å². The largest absolute Gasteiger partial charge is 0.493 e. The molecule has 0 aliphatic carbocycles. The number of nitrogens with zero attached hydrogens (tertiary/aromatic N) is 1. The van der Waals surface area contributed by atoms with Crippen molar-refractivity contribution >= 4 is 5.69 Å². The van der Waals surface area contributed by atoms with Crippen LogP contribution in [0.3, 0.4) is 0 Å². The lowest BCUT2D eigenvalue weighted by molar-refractivity contribution is -0.138. The Balaban J connectivity index is 2.06. The van der Waals surface area contributed by atoms with E-state index in [1.165, 1.54) is 12.1 Å². The number of nitrogen functional groups attached to an aromatic ring is 1. The van der Waals surface area contributed by atoms with Gasteiger partial charge in [-0.15, -0.1) is 0 Å². The third-order valence-electron chi connectivity index (χ3n) is 2.65. The first-order chi connectivity index (χ1) is 9.47. The van der Waals surface area contributed by atoms with Crippen molar-refractivity contribution in [2.75, 3.05) is 12.3 Å². The van der Waals surface area contributed by atoms with E-state index < -0.39 is 11.7 Å². The van der Waals surface area contributed by atoms with Crippen LogP contribution < -0.4 is 10.5 Å². The molecule has 2 aromatic rings. The second-order valence-electron chi connectivity index (χ2n) is 4.17. The van der Waals surface area contributed by atoms with Crippen LogP contribution in [0.2, 0.25) is 0 Å². The van der Waals surface area contributed by atoms with Crippen molar-refractivity contribution in [1.82, 2.24) is 4.98 Å². The fourth-order valence-corrected chi connectivity index (χ4v) is 1.71. The molecule has 0 atom stereocenters. The maximum Gasteiger partial charge on any atom is 0.420 e. The predicted molar refractivity (Wildman–Crippen MR) is 69.3 cm³/mol. The topological polar surface area (TPSA) is 48.1 Å². The van der Waals surface area contributed by atoms with E-state index in [4.69, 9.17) is 10.5 Å². The zero-order valence-electron chi connectivity index (χ0n) is 10.5. The molecular weight excluding hydrogens is 269 g/mol. The lowest BCUT2D eigenvalue weighted by Crippen LogP contribution is -2.11. The number of hydrogen-bond acceptors (Lipinski definition) is 3. The number of benzene rings is 1. The van der Waals surface area contributed by atoms with E-state index in [1.807, 2.05) is 6.07 Å². The van der Waals surface area contributed by atoms with Gasteiger partial charge in [-0.1, -0.05) is 6.07 Å². The maximum absolute atomic E-state index is 12.8. The molecule has 0 aliphatic heterocycles. The molecule has 3 nitrogen and oxygen atoms in total. The average Bonchev–Trinajstić information content (AvgIpc) is 2.40. The smallest absolute Gasteiger partial charge is 0.420 e. The van der Waals surface area contributed by atoms with Gasteiger partial charge in [0.1, 0.15) is 5.75 Å². The first-order valence-corrected chi connectivity index (χ1v) is 5.96. The normalized spacial score (nSPS) is 11.3. The van der Waals surface area contributed by atoms with Crippen molar-refractivity contribution in [3.8, 4) is 5.75 Å². The SMILES string of the molecule is Nc1ccc(OCCc2ccccn2)c(C(F)(F)F)c1. The first-order valence-electron chi connectivity index (χ1n) is 5.96. The molecule has 1 aromatic heterocycles. The Morgan fingerprint density at radius 2 is 1.95 bits per heavy atom. The van der Waals surface area contributed by atoms with Gasteiger partial charge in [0.2, 0.25) is 0 Å². The molecule has 6 heteroatoms. The Morgan fingerprint density at radius 1 is 1.15 bits per heavy atom. The number of nitrogens with two attached hydrogens (primary N) is 1. The number of anilines is 1. The molecule has 0 spiro atoms. The van der Waals surface area contributed by atoms with Gasteiger partial charge in [-0.25, -0.2) is 0 Å². The summed E-state index contributed by atoms with van der Waals surface area (Å²) in [7, 11) is 0. The number of pyridine rings is 1. The molecule has 0 fully saturated rings. The van der Waals surface area contributed by atoms with Gasteiger partial charge in [-0.2, -0.15) is 13.2 Å². The zero-order valence-corrected chi connectivity index (χ0v) is 10.5. The van der Waals surface area contributed by atoms with E-state index in [2.05, 4.69) is 4.98 Å². The molecule has 0 bridgehead atoms. The Morgan fingerprint density at radius 3 is 2.60 bits per heavy atom. The number of rotatable bonds is 4. The summed E-state index contributed by atoms with van der Waals surface area (Å²) in [5.74, 6) is -0.220. The molecule has 0 unspecified atom stereocenters. The van der Waals surface area contributed by atoms with Gasteiger partial charge >= 0.3 is 6.18 Å². The lowest BCUT2D eigenvalue weighted by atomic mass is 10.1. The van der Waals surface area contributed by atoms with Crippen molar-refractivity contribution in [2.45, 2.75) is 12.6 Å². The maximum atomic E-state index is 12.8. The minimum absolute atomic E-state index is 0.0504. The van der Waals surface area contributed by atoms with E-state index >= 15 is 0 Å². The molecule has 20 heavy (non-hydrogen) atoms. The van der Waals surface area contributed by atoms with Crippen LogP contribution in [0, 0.1) is 0 Å². The molecular formula is C14H13F3N2O. The first kappa shape index (κ1) is 14.2. The number of ether oxygens (including phenoxy) is 1. The highest BCUT2D eigenvalue weighted by Gasteiger charge is 2.34. The Bertz CT molecular complexity index is 570. The lowest BCUT2D eigenvalue weighted by Gasteiger charge is -2.14. The highest BCUT2D eigenvalue weighted by Crippen LogP contribution is 2.37. The summed E-state index contributed by atoms with van der Waals surface area (Å²) in [5, 5.41) is 0. The molecule has 0 radical (unpaired) electrons. The third-order valence-corrected chi connectivity index (χ3v) is 2.65. The van der Waals surface area contributed by atoms with Crippen LogP contribution in [0.1, 0.15) is 11.3 Å². The zero-order chi connectivity index (χ0) is 14.6. The number of hydrogen-bond donors (Lipinski definition) is 1. The van der Waals surface area contributed by atoms with Gasteiger partial charge in [-0.3, -0.25) is 4.98 Å². The minimum atomic E-state index is -4.49. The van der Waals surface area contributed by atoms with Gasteiger partial charge < -0.3 is 10.5 Å². The summed E-state index contributed by atoms with van der Waals surface area (Å²) in [5.41, 5.74) is 5.33. The molecule has 1 aromatic carbocycles. The highest BCUT2D eigenvalue weighted by atomic mass is 19.4. The summed E-state index contributed by atoms with van der Waals surface area (Å²) in [4.78, 5) is 4.07. The van der Waals surface area contributed by atoms with E-state index in [0.29, 0.717) is 6.42 Å². The monoisotopic (exact) mass is 282 g/mol. The van der Waals surface area contributed by atoms with Crippen LogP contribution in [-0.4, -0.2) is 11.6 Å². The number of alkyl halides is 3. The van der Waals surface area contributed by atoms with Gasteiger partial charge in [0, 0.05) is 24.0 Å². The van der Waals surface area contributed by atoms with E-state index in [9.17, 15) is 13.2 Å². The second-order valence-corrected chi connectivity index (χ2v) is 4.17. The molecule has 0 saturated heterocycles. The van der Waals surface area contributed by atoms with Gasteiger partial charge in [0.05, 0.1) is 12.2 Å². The van der Waals surface area contributed by atoms with Crippen molar-refractivity contribution in [3.05, 3.63) is 53.9 Å². The highest BCUT2D eigenvalue weighted by molar-refractivity contribution is 5.49. The van der Waals surface area contributed by atoms with E-state index in [-0.39, 0.29) is 18.0 Å². The van der Waals surface area contributed by atoms with Crippen LogP contribution in [0.4, 0.5) is 18.9 Å². The molecule has 0 aliphatic rings. The predicted octanol–water partition coefficient (Wildman–Crippen LogP) is 3.30. The fraction of sp³-hybridized carbons (Fsp3) is 0.214. The fourth-order valence-electron chi connectivity index (χ4n) is 1.71. The molecule has 106 valence electrons. The standard InChI is InChI=1S/C14H13F3N2O/c15-14(16,17)12-9-10(18)4-5-13(12)20-8-6-11-3-1-2-7-19-11/h1-5,7,9H,6,8,18H2. The Hall–Kier alpha value is -2.24. The Labute approximate surface area is 114 Å². The summed E-state index contributed by atoms with van der Waals surface area (Å²) in [6, 6.07) is 8.85. The quantitative estimate of drug-likeness (QED) is 0.875. The van der Waals surface area contributed by atoms with Gasteiger partial charge in [0.25, 0.3) is 0 Å². The molecule has 0 amide bonds.